The van der Waals surface area contributed by atoms with E-state index < -0.39 is 17.5 Å². The van der Waals surface area contributed by atoms with Crippen LogP contribution in [0.15, 0.2) is 18.3 Å². The Morgan fingerprint density at radius 3 is 2.39 bits per heavy atom. The van der Waals surface area contributed by atoms with Crippen molar-refractivity contribution in [3.05, 3.63) is 29.6 Å². The zero-order chi connectivity index (χ0) is 13.2. The summed E-state index contributed by atoms with van der Waals surface area (Å²) in [5.74, 6) is 0. The Kier molecular flexibility index (Phi) is 3.56. The van der Waals surface area contributed by atoms with Crippen LogP contribution in [0.3, 0.4) is 0 Å². The van der Waals surface area contributed by atoms with Crippen molar-refractivity contribution < 1.29 is 17.6 Å². The number of hydrogen-bond acceptors (Lipinski definition) is 2. The highest BCUT2D eigenvalue weighted by atomic mass is 19.4. The average molecular weight is 262 g/mol. The summed E-state index contributed by atoms with van der Waals surface area (Å²) in [6, 6.07) is 2.21. The molecular formula is C12H14F4N2. The number of pyridine rings is 1. The molecule has 1 N–H and O–H groups in total. The highest BCUT2D eigenvalue weighted by molar-refractivity contribution is 5.18. The summed E-state index contributed by atoms with van der Waals surface area (Å²) in [6.07, 6.45) is -2.44. The summed E-state index contributed by atoms with van der Waals surface area (Å²) in [5.41, 5.74) is -1.76. The molecule has 1 fully saturated rings. The van der Waals surface area contributed by atoms with E-state index in [9.17, 15) is 17.6 Å². The van der Waals surface area contributed by atoms with Crippen molar-refractivity contribution in [2.45, 2.75) is 31.1 Å². The summed E-state index contributed by atoms with van der Waals surface area (Å²) in [4.78, 5) is 3.34. The van der Waals surface area contributed by atoms with E-state index in [1.165, 1.54) is 6.07 Å². The number of halogens is 4. The second kappa shape index (κ2) is 4.84. The van der Waals surface area contributed by atoms with Crippen LogP contribution in [-0.2, 0) is 12.6 Å². The Bertz CT molecular complexity index is 394. The van der Waals surface area contributed by atoms with Gasteiger partial charge in [0.25, 0.3) is 0 Å². The molecule has 0 radical (unpaired) electrons. The minimum Gasteiger partial charge on any atom is -0.316 e. The van der Waals surface area contributed by atoms with Crippen molar-refractivity contribution in [2.75, 3.05) is 13.1 Å². The molecule has 0 amide bonds. The number of hydrogen-bond donors (Lipinski definition) is 1. The molecule has 0 atom stereocenters. The van der Waals surface area contributed by atoms with Crippen LogP contribution < -0.4 is 5.32 Å². The lowest BCUT2D eigenvalue weighted by atomic mass is 9.88. The van der Waals surface area contributed by atoms with Gasteiger partial charge < -0.3 is 5.32 Å². The smallest absolute Gasteiger partial charge is 0.316 e. The zero-order valence-electron chi connectivity index (χ0n) is 9.73. The Labute approximate surface area is 102 Å². The minimum absolute atomic E-state index is 0.125. The number of nitrogens with zero attached hydrogens (tertiary/aromatic N) is 1. The van der Waals surface area contributed by atoms with Gasteiger partial charge >= 0.3 is 6.18 Å². The van der Waals surface area contributed by atoms with Crippen LogP contribution >= 0.6 is 0 Å². The van der Waals surface area contributed by atoms with Gasteiger partial charge in [0, 0.05) is 12.6 Å². The molecule has 6 heteroatoms. The molecule has 0 bridgehead atoms. The first kappa shape index (κ1) is 13.3. The highest BCUT2D eigenvalue weighted by Gasteiger charge is 2.34. The maximum atomic E-state index is 14.3. The molecule has 0 aliphatic carbocycles. The quantitative estimate of drug-likeness (QED) is 0.829. The van der Waals surface area contributed by atoms with Crippen molar-refractivity contribution in [1.82, 2.24) is 10.3 Å². The zero-order valence-corrected chi connectivity index (χ0v) is 9.73. The second-order valence-electron chi connectivity index (χ2n) is 4.63. The summed E-state index contributed by atoms with van der Waals surface area (Å²) in [6.45, 7) is 1.20. The van der Waals surface area contributed by atoms with Gasteiger partial charge in [0.05, 0.1) is 0 Å². The summed E-state index contributed by atoms with van der Waals surface area (Å²) in [7, 11) is 0. The van der Waals surface area contributed by atoms with Gasteiger partial charge in [-0.15, -0.1) is 0 Å². The Morgan fingerprint density at radius 2 is 1.89 bits per heavy atom. The first-order valence-corrected chi connectivity index (χ1v) is 5.81. The normalized spacial score (nSPS) is 19.8. The van der Waals surface area contributed by atoms with Crippen LogP contribution in [-0.4, -0.2) is 23.7 Å². The molecule has 18 heavy (non-hydrogen) atoms. The van der Waals surface area contributed by atoms with E-state index in [-0.39, 0.29) is 6.42 Å². The molecule has 2 nitrogen and oxygen atoms in total. The lowest BCUT2D eigenvalue weighted by Gasteiger charge is -2.30. The summed E-state index contributed by atoms with van der Waals surface area (Å²) < 4.78 is 51.2. The fraction of sp³-hybridized carbons (Fsp3) is 0.583. The third-order valence-corrected chi connectivity index (χ3v) is 3.14. The molecule has 1 aromatic rings. The predicted octanol–water partition coefficient (Wildman–Crippen LogP) is 2.73. The summed E-state index contributed by atoms with van der Waals surface area (Å²) in [5, 5.41) is 3.05. The molecule has 0 aromatic carbocycles. The lowest BCUT2D eigenvalue weighted by molar-refractivity contribution is -0.141. The monoisotopic (exact) mass is 262 g/mol. The van der Waals surface area contributed by atoms with Crippen molar-refractivity contribution in [2.24, 2.45) is 0 Å². The molecule has 1 aromatic heterocycles. The van der Waals surface area contributed by atoms with E-state index in [2.05, 4.69) is 10.3 Å². The first-order chi connectivity index (χ1) is 8.39. The van der Waals surface area contributed by atoms with Gasteiger partial charge in [-0.25, -0.2) is 4.39 Å². The molecule has 0 unspecified atom stereocenters. The maximum absolute atomic E-state index is 14.3. The molecule has 2 rings (SSSR count). The molecule has 0 spiro atoms. The number of aromatic nitrogens is 1. The number of alkyl halides is 4. The van der Waals surface area contributed by atoms with Gasteiger partial charge in [0.2, 0.25) is 0 Å². The minimum atomic E-state index is -4.44. The molecule has 0 saturated carbocycles. The molecule has 2 heterocycles. The van der Waals surface area contributed by atoms with Crippen molar-refractivity contribution >= 4 is 0 Å². The largest absolute Gasteiger partial charge is 0.433 e. The molecular weight excluding hydrogens is 248 g/mol. The predicted molar refractivity (Wildman–Crippen MR) is 58.9 cm³/mol. The van der Waals surface area contributed by atoms with Gasteiger partial charge in [-0.2, -0.15) is 13.2 Å². The fourth-order valence-electron chi connectivity index (χ4n) is 2.11. The third kappa shape index (κ3) is 3.19. The van der Waals surface area contributed by atoms with Crippen molar-refractivity contribution in [3.8, 4) is 0 Å². The van der Waals surface area contributed by atoms with Gasteiger partial charge in [0.15, 0.2) is 0 Å². The SMILES string of the molecule is FC1(Cc2ccc(C(F)(F)F)nc2)CCNCC1. The Balaban J connectivity index is 2.06. The van der Waals surface area contributed by atoms with E-state index >= 15 is 0 Å². The van der Waals surface area contributed by atoms with Crippen LogP contribution in [0.1, 0.15) is 24.1 Å². The standard InChI is InChI=1S/C12H14F4N2/c13-11(3-5-17-6-4-11)7-9-1-2-10(18-8-9)12(14,15)16/h1-2,8,17H,3-7H2. The van der Waals surface area contributed by atoms with Gasteiger partial charge in [-0.3, -0.25) is 4.98 Å². The van der Waals surface area contributed by atoms with Crippen LogP contribution in [0.2, 0.25) is 0 Å². The lowest BCUT2D eigenvalue weighted by Crippen LogP contribution is -2.40. The van der Waals surface area contributed by atoms with E-state index in [0.29, 0.717) is 31.5 Å². The van der Waals surface area contributed by atoms with Crippen LogP contribution in [0.4, 0.5) is 17.6 Å². The Hall–Kier alpha value is -1.17. The van der Waals surface area contributed by atoms with Crippen LogP contribution in [0.25, 0.3) is 0 Å². The molecule has 1 aliphatic heterocycles. The number of rotatable bonds is 2. The van der Waals surface area contributed by atoms with Gasteiger partial charge in [-0.05, 0) is 37.6 Å². The fourth-order valence-corrected chi connectivity index (χ4v) is 2.11. The van der Waals surface area contributed by atoms with E-state index in [4.69, 9.17) is 0 Å². The Morgan fingerprint density at radius 1 is 1.22 bits per heavy atom. The number of piperidine rings is 1. The molecule has 1 aliphatic rings. The van der Waals surface area contributed by atoms with E-state index in [1.807, 2.05) is 0 Å². The molecule has 1 saturated heterocycles. The average Bonchev–Trinajstić information content (AvgIpc) is 2.29. The van der Waals surface area contributed by atoms with Gasteiger partial charge in [-0.1, -0.05) is 6.07 Å². The highest BCUT2D eigenvalue weighted by Crippen LogP contribution is 2.30. The van der Waals surface area contributed by atoms with E-state index in [1.54, 1.807) is 0 Å². The van der Waals surface area contributed by atoms with Crippen molar-refractivity contribution in [3.63, 3.8) is 0 Å². The maximum Gasteiger partial charge on any atom is 0.433 e. The first-order valence-electron chi connectivity index (χ1n) is 5.81. The van der Waals surface area contributed by atoms with Crippen molar-refractivity contribution in [1.29, 1.82) is 0 Å². The molecule has 100 valence electrons. The topological polar surface area (TPSA) is 24.9 Å². The second-order valence-corrected chi connectivity index (χ2v) is 4.63. The van der Waals surface area contributed by atoms with Crippen LogP contribution in [0.5, 0.6) is 0 Å². The number of nitrogens with one attached hydrogen (secondary N) is 1. The van der Waals surface area contributed by atoms with E-state index in [0.717, 1.165) is 12.3 Å². The van der Waals surface area contributed by atoms with Crippen LogP contribution in [0, 0.1) is 0 Å². The third-order valence-electron chi connectivity index (χ3n) is 3.14. The van der Waals surface area contributed by atoms with Gasteiger partial charge in [0.1, 0.15) is 11.4 Å². The summed E-state index contributed by atoms with van der Waals surface area (Å²) >= 11 is 0.